The van der Waals surface area contributed by atoms with Crippen LogP contribution in [0.15, 0.2) is 30.3 Å². The number of methoxy groups -OCH3 is 3. The summed E-state index contributed by atoms with van der Waals surface area (Å²) in [5, 5.41) is 2.70. The predicted octanol–water partition coefficient (Wildman–Crippen LogP) is 2.60. The van der Waals surface area contributed by atoms with Gasteiger partial charge >= 0.3 is 12.0 Å². The molecule has 0 radical (unpaired) electrons. The highest BCUT2D eigenvalue weighted by Gasteiger charge is 2.25. The van der Waals surface area contributed by atoms with Crippen LogP contribution in [0.3, 0.4) is 0 Å². The van der Waals surface area contributed by atoms with E-state index in [-0.39, 0.29) is 35.0 Å². The van der Waals surface area contributed by atoms with Crippen LogP contribution in [0.5, 0.6) is 23.5 Å². The van der Waals surface area contributed by atoms with Gasteiger partial charge < -0.3 is 24.3 Å². The van der Waals surface area contributed by atoms with E-state index in [9.17, 15) is 9.59 Å². The maximum absolute atomic E-state index is 12.8. The van der Waals surface area contributed by atoms with Crippen molar-refractivity contribution in [3.8, 4) is 23.5 Å². The number of rotatable bonds is 9. The van der Waals surface area contributed by atoms with Crippen LogP contribution in [0.25, 0.3) is 0 Å². The number of nitrogens with zero attached hydrogens (tertiary/aromatic N) is 2. The maximum atomic E-state index is 12.8. The van der Waals surface area contributed by atoms with E-state index >= 15 is 0 Å². The van der Waals surface area contributed by atoms with Gasteiger partial charge in [-0.15, -0.1) is 0 Å². The lowest BCUT2D eigenvalue weighted by Crippen LogP contribution is -2.42. The Kier molecular flexibility index (Phi) is 7.76. The Hall–Kier alpha value is -3.36. The van der Waals surface area contributed by atoms with Gasteiger partial charge in [-0.05, 0) is 24.5 Å². The van der Waals surface area contributed by atoms with E-state index in [2.05, 4.69) is 15.3 Å². The molecule has 2 rings (SSSR count). The lowest BCUT2D eigenvalue weighted by atomic mass is 10.0. The Morgan fingerprint density at radius 1 is 1.03 bits per heavy atom. The zero-order chi connectivity index (χ0) is 21.4. The number of amides is 1. The van der Waals surface area contributed by atoms with Crippen LogP contribution in [0, 0.1) is 5.92 Å². The summed E-state index contributed by atoms with van der Waals surface area (Å²) in [4.78, 5) is 33.0. The summed E-state index contributed by atoms with van der Waals surface area (Å²) in [6, 6.07) is 7.24. The molecule has 1 atom stereocenters. The van der Waals surface area contributed by atoms with Crippen LogP contribution in [-0.2, 0) is 9.53 Å². The summed E-state index contributed by atoms with van der Waals surface area (Å²) >= 11 is 0. The second kappa shape index (κ2) is 10.3. The van der Waals surface area contributed by atoms with Crippen molar-refractivity contribution < 1.29 is 28.5 Å². The molecule has 0 aliphatic heterocycles. The minimum atomic E-state index is -0.770. The molecule has 0 unspecified atom stereocenters. The van der Waals surface area contributed by atoms with Crippen LogP contribution >= 0.6 is 0 Å². The molecule has 9 nitrogen and oxygen atoms in total. The maximum Gasteiger partial charge on any atom is 0.328 e. The fraction of sp³-hybridized carbons (Fsp3) is 0.400. The first-order chi connectivity index (χ1) is 13.9. The molecule has 0 fully saturated rings. The Morgan fingerprint density at radius 3 is 2.21 bits per heavy atom. The molecule has 0 spiro atoms. The summed E-state index contributed by atoms with van der Waals surface area (Å²) in [6.07, 6.45) is 0.442. The van der Waals surface area contributed by atoms with Gasteiger partial charge in [0.15, 0.2) is 0 Å². The molecule has 156 valence electrons. The van der Waals surface area contributed by atoms with E-state index in [1.54, 1.807) is 24.3 Å². The van der Waals surface area contributed by atoms with E-state index in [1.807, 2.05) is 13.8 Å². The molecule has 0 aliphatic carbocycles. The highest BCUT2D eigenvalue weighted by atomic mass is 16.5. The summed E-state index contributed by atoms with van der Waals surface area (Å²) in [5.74, 6) is -0.0946. The first-order valence-corrected chi connectivity index (χ1v) is 9.00. The molecule has 29 heavy (non-hydrogen) atoms. The second-order valence-electron chi connectivity index (χ2n) is 6.51. The number of para-hydroxylation sites is 1. The minimum Gasteiger partial charge on any atom is -0.481 e. The lowest BCUT2D eigenvalue weighted by Gasteiger charge is -2.19. The van der Waals surface area contributed by atoms with Crippen molar-refractivity contribution in [2.24, 2.45) is 5.92 Å². The van der Waals surface area contributed by atoms with E-state index in [4.69, 9.17) is 18.9 Å². The molecule has 1 N–H and O–H groups in total. The van der Waals surface area contributed by atoms with E-state index in [0.717, 1.165) is 0 Å². The van der Waals surface area contributed by atoms with E-state index < -0.39 is 17.9 Å². The molecule has 0 bridgehead atoms. The number of esters is 1. The number of carbonyl (C=O) groups excluding carboxylic acids is 2. The molecule has 0 aliphatic rings. The third-order valence-corrected chi connectivity index (χ3v) is 3.91. The van der Waals surface area contributed by atoms with Gasteiger partial charge in [0.25, 0.3) is 5.91 Å². The zero-order valence-electron chi connectivity index (χ0n) is 17.1. The number of carbonyl (C=O) groups is 2. The third kappa shape index (κ3) is 6.06. The third-order valence-electron chi connectivity index (χ3n) is 3.91. The topological polar surface area (TPSA) is 109 Å². The van der Waals surface area contributed by atoms with Crippen LogP contribution in [-0.4, -0.2) is 49.2 Å². The van der Waals surface area contributed by atoms with Gasteiger partial charge in [-0.2, -0.15) is 9.97 Å². The average Bonchev–Trinajstić information content (AvgIpc) is 2.72. The SMILES string of the molecule is COC(=O)[C@H](CC(C)C)NC(=O)c1ccccc1Oc1nc(OC)cc(OC)n1. The Bertz CT molecular complexity index is 834. The number of ether oxygens (including phenoxy) is 4. The second-order valence-corrected chi connectivity index (χ2v) is 6.51. The van der Waals surface area contributed by atoms with Gasteiger partial charge in [0, 0.05) is 0 Å². The van der Waals surface area contributed by atoms with Crippen LogP contribution in [0.4, 0.5) is 0 Å². The fourth-order valence-electron chi connectivity index (χ4n) is 2.54. The molecular formula is C20H25N3O6. The molecule has 9 heteroatoms. The predicted molar refractivity (Wildman–Crippen MR) is 104 cm³/mol. The Labute approximate surface area is 169 Å². The van der Waals surface area contributed by atoms with Crippen molar-refractivity contribution in [2.45, 2.75) is 26.3 Å². The normalized spacial score (nSPS) is 11.5. The van der Waals surface area contributed by atoms with Crippen molar-refractivity contribution in [3.05, 3.63) is 35.9 Å². The molecule has 0 saturated carbocycles. The lowest BCUT2D eigenvalue weighted by molar-refractivity contribution is -0.143. The first kappa shape index (κ1) is 21.9. The first-order valence-electron chi connectivity index (χ1n) is 9.00. The van der Waals surface area contributed by atoms with Crippen molar-refractivity contribution in [1.82, 2.24) is 15.3 Å². The highest BCUT2D eigenvalue weighted by Crippen LogP contribution is 2.26. The molecular weight excluding hydrogens is 378 g/mol. The van der Waals surface area contributed by atoms with E-state index in [1.165, 1.54) is 27.4 Å². The zero-order valence-corrected chi connectivity index (χ0v) is 17.1. The number of hydrogen-bond acceptors (Lipinski definition) is 8. The van der Waals surface area contributed by atoms with Crippen molar-refractivity contribution in [1.29, 1.82) is 0 Å². The minimum absolute atomic E-state index is 0.0480. The molecule has 1 amide bonds. The quantitative estimate of drug-likeness (QED) is 0.637. The van der Waals surface area contributed by atoms with Crippen molar-refractivity contribution in [2.75, 3.05) is 21.3 Å². The Balaban J connectivity index is 2.28. The average molecular weight is 403 g/mol. The molecule has 2 aromatic rings. The number of nitrogens with one attached hydrogen (secondary N) is 1. The molecule has 1 aromatic carbocycles. The molecule has 0 saturated heterocycles. The molecule has 1 heterocycles. The van der Waals surface area contributed by atoms with Crippen molar-refractivity contribution in [3.63, 3.8) is 0 Å². The fourth-order valence-corrected chi connectivity index (χ4v) is 2.54. The van der Waals surface area contributed by atoms with Gasteiger partial charge in [0.1, 0.15) is 11.8 Å². The summed E-state index contributed by atoms with van der Waals surface area (Å²) in [7, 11) is 4.19. The largest absolute Gasteiger partial charge is 0.481 e. The summed E-state index contributed by atoms with van der Waals surface area (Å²) in [6.45, 7) is 3.90. The van der Waals surface area contributed by atoms with Gasteiger partial charge in [-0.25, -0.2) is 4.79 Å². The number of aromatic nitrogens is 2. The van der Waals surface area contributed by atoms with Crippen LogP contribution in [0.1, 0.15) is 30.6 Å². The Morgan fingerprint density at radius 2 is 1.66 bits per heavy atom. The highest BCUT2D eigenvalue weighted by molar-refractivity contribution is 5.99. The van der Waals surface area contributed by atoms with Crippen LogP contribution in [0.2, 0.25) is 0 Å². The molecule has 1 aromatic heterocycles. The monoisotopic (exact) mass is 403 g/mol. The number of hydrogen-bond donors (Lipinski definition) is 1. The summed E-state index contributed by atoms with van der Waals surface area (Å²) in [5.41, 5.74) is 0.218. The van der Waals surface area contributed by atoms with Crippen LogP contribution < -0.4 is 19.5 Å². The van der Waals surface area contributed by atoms with Gasteiger partial charge in [0.05, 0.1) is 33.0 Å². The van der Waals surface area contributed by atoms with Crippen molar-refractivity contribution >= 4 is 11.9 Å². The number of benzene rings is 1. The van der Waals surface area contributed by atoms with Gasteiger partial charge in [-0.1, -0.05) is 26.0 Å². The van der Waals surface area contributed by atoms with Gasteiger partial charge in [-0.3, -0.25) is 4.79 Å². The smallest absolute Gasteiger partial charge is 0.328 e. The van der Waals surface area contributed by atoms with Gasteiger partial charge in [0.2, 0.25) is 11.8 Å². The summed E-state index contributed by atoms with van der Waals surface area (Å²) < 4.78 is 20.7. The van der Waals surface area contributed by atoms with E-state index in [0.29, 0.717) is 6.42 Å². The standard InChI is InChI=1S/C20H25N3O6/c1-12(2)10-14(19(25)28-5)21-18(24)13-8-6-7-9-15(13)29-20-22-16(26-3)11-17(23-20)27-4/h6-9,11-12,14H,10H2,1-5H3,(H,21,24)/t14-/m0/s1.